The van der Waals surface area contributed by atoms with Gasteiger partial charge >= 0.3 is 12.0 Å². The number of nitrogens with one attached hydrogen (secondary N) is 3. The summed E-state index contributed by atoms with van der Waals surface area (Å²) in [5.74, 6) is -1.99. The molecule has 0 saturated carbocycles. The van der Waals surface area contributed by atoms with Crippen molar-refractivity contribution in [1.29, 1.82) is 0 Å². The summed E-state index contributed by atoms with van der Waals surface area (Å²) in [6.45, 7) is 0.166. The Morgan fingerprint density at radius 2 is 1.81 bits per heavy atom. The smallest absolute Gasteiger partial charge is 0.314 e. The van der Waals surface area contributed by atoms with Crippen LogP contribution in [0.3, 0.4) is 0 Å². The Kier molecular flexibility index (Phi) is 6.73. The van der Waals surface area contributed by atoms with Crippen LogP contribution in [0.25, 0.3) is 0 Å². The summed E-state index contributed by atoms with van der Waals surface area (Å²) < 4.78 is 0. The van der Waals surface area contributed by atoms with E-state index in [1.54, 1.807) is 30.3 Å². The molecule has 114 valence electrons. The van der Waals surface area contributed by atoms with Gasteiger partial charge in [-0.05, 0) is 5.56 Å². The summed E-state index contributed by atoms with van der Waals surface area (Å²) >= 11 is 0. The van der Waals surface area contributed by atoms with Gasteiger partial charge in [0.2, 0.25) is 5.91 Å². The van der Waals surface area contributed by atoms with Gasteiger partial charge in [0.05, 0.1) is 5.92 Å². The molecule has 21 heavy (non-hydrogen) atoms. The van der Waals surface area contributed by atoms with Crippen LogP contribution in [0.1, 0.15) is 17.9 Å². The number of carboxylic acids is 1. The zero-order chi connectivity index (χ0) is 15.7. The lowest BCUT2D eigenvalue weighted by atomic mass is 9.99. The number of hydrogen-bond donors (Lipinski definition) is 4. The van der Waals surface area contributed by atoms with Crippen molar-refractivity contribution in [2.75, 3.05) is 20.1 Å². The Morgan fingerprint density at radius 3 is 2.38 bits per heavy atom. The van der Waals surface area contributed by atoms with Gasteiger partial charge in [-0.15, -0.1) is 0 Å². The largest absolute Gasteiger partial charge is 0.481 e. The van der Waals surface area contributed by atoms with Gasteiger partial charge in [-0.25, -0.2) is 4.79 Å². The second-order valence-electron chi connectivity index (χ2n) is 4.36. The molecule has 0 spiro atoms. The number of carbonyl (C=O) groups is 3. The number of aliphatic carboxylic acids is 1. The SMILES string of the molecule is CNC(=O)CCNC(=O)NCC(C(=O)O)c1ccccc1. The Hall–Kier alpha value is -2.57. The zero-order valence-corrected chi connectivity index (χ0v) is 11.8. The fourth-order valence-corrected chi connectivity index (χ4v) is 1.70. The molecule has 0 aliphatic carbocycles. The van der Waals surface area contributed by atoms with Crippen molar-refractivity contribution in [2.45, 2.75) is 12.3 Å². The molecule has 0 bridgehead atoms. The Morgan fingerprint density at radius 1 is 1.14 bits per heavy atom. The lowest BCUT2D eigenvalue weighted by Crippen LogP contribution is -2.40. The molecule has 7 heteroatoms. The minimum atomic E-state index is -1.01. The second-order valence-corrected chi connectivity index (χ2v) is 4.36. The monoisotopic (exact) mass is 293 g/mol. The molecule has 3 amide bonds. The van der Waals surface area contributed by atoms with Crippen LogP contribution in [0.5, 0.6) is 0 Å². The maximum atomic E-state index is 11.5. The predicted molar refractivity (Wildman–Crippen MR) is 76.9 cm³/mol. The molecule has 4 N–H and O–H groups in total. The van der Waals surface area contributed by atoms with Crippen molar-refractivity contribution >= 4 is 17.9 Å². The summed E-state index contributed by atoms with van der Waals surface area (Å²) in [7, 11) is 1.51. The van der Waals surface area contributed by atoms with Crippen molar-refractivity contribution in [3.8, 4) is 0 Å². The van der Waals surface area contributed by atoms with Gasteiger partial charge in [0.1, 0.15) is 0 Å². The van der Waals surface area contributed by atoms with E-state index in [0.29, 0.717) is 5.56 Å². The molecule has 0 aliphatic heterocycles. The van der Waals surface area contributed by atoms with Crippen LogP contribution in [-0.4, -0.2) is 43.2 Å². The number of hydrogen-bond acceptors (Lipinski definition) is 3. The minimum absolute atomic E-state index is 0.0227. The first-order valence-corrected chi connectivity index (χ1v) is 6.54. The quantitative estimate of drug-likeness (QED) is 0.579. The lowest BCUT2D eigenvalue weighted by molar-refractivity contribution is -0.138. The highest BCUT2D eigenvalue weighted by molar-refractivity contribution is 5.80. The van der Waals surface area contributed by atoms with Crippen LogP contribution in [0.15, 0.2) is 30.3 Å². The summed E-state index contributed by atoms with van der Waals surface area (Å²) in [5, 5.41) is 16.6. The van der Waals surface area contributed by atoms with Crippen molar-refractivity contribution in [2.24, 2.45) is 0 Å². The summed E-state index contributed by atoms with van der Waals surface area (Å²) in [5.41, 5.74) is 0.621. The van der Waals surface area contributed by atoms with E-state index < -0.39 is 17.9 Å². The lowest BCUT2D eigenvalue weighted by Gasteiger charge is -2.14. The highest BCUT2D eigenvalue weighted by Gasteiger charge is 2.20. The van der Waals surface area contributed by atoms with Gasteiger partial charge in [0.25, 0.3) is 0 Å². The summed E-state index contributed by atoms with van der Waals surface area (Å²) in [6, 6.07) is 8.18. The Bertz CT molecular complexity index is 490. The standard InChI is InChI=1S/C14H19N3O4/c1-15-12(18)7-8-16-14(21)17-9-11(13(19)20)10-5-3-2-4-6-10/h2-6,11H,7-9H2,1H3,(H,15,18)(H,19,20)(H2,16,17,21). The van der Waals surface area contributed by atoms with Gasteiger partial charge in [-0.3, -0.25) is 9.59 Å². The molecule has 1 rings (SSSR count). The normalized spacial score (nSPS) is 11.3. The van der Waals surface area contributed by atoms with Crippen LogP contribution in [0.4, 0.5) is 4.79 Å². The average Bonchev–Trinajstić information content (AvgIpc) is 2.48. The topological polar surface area (TPSA) is 108 Å². The number of amides is 3. The molecule has 1 atom stereocenters. The number of urea groups is 1. The molecule has 0 heterocycles. The first-order chi connectivity index (χ1) is 10.0. The minimum Gasteiger partial charge on any atom is -0.481 e. The van der Waals surface area contributed by atoms with Crippen LogP contribution in [0, 0.1) is 0 Å². The number of carbonyl (C=O) groups excluding carboxylic acids is 2. The van der Waals surface area contributed by atoms with Gasteiger partial charge in [0.15, 0.2) is 0 Å². The number of benzene rings is 1. The van der Waals surface area contributed by atoms with E-state index in [1.165, 1.54) is 7.05 Å². The highest BCUT2D eigenvalue weighted by Crippen LogP contribution is 2.14. The van der Waals surface area contributed by atoms with Gasteiger partial charge in [-0.1, -0.05) is 30.3 Å². The summed E-state index contributed by atoms with van der Waals surface area (Å²) in [6.07, 6.45) is 0.172. The molecule has 0 fully saturated rings. The maximum absolute atomic E-state index is 11.5. The van der Waals surface area contributed by atoms with Gasteiger partial charge in [-0.2, -0.15) is 0 Å². The summed E-state index contributed by atoms with van der Waals surface area (Å²) in [4.78, 5) is 33.7. The van der Waals surface area contributed by atoms with E-state index in [4.69, 9.17) is 0 Å². The Balaban J connectivity index is 2.42. The van der Waals surface area contributed by atoms with E-state index in [-0.39, 0.29) is 25.4 Å². The fourth-order valence-electron chi connectivity index (χ4n) is 1.70. The third-order valence-electron chi connectivity index (χ3n) is 2.88. The van der Waals surface area contributed by atoms with Crippen molar-refractivity contribution in [3.05, 3.63) is 35.9 Å². The van der Waals surface area contributed by atoms with E-state index in [2.05, 4.69) is 16.0 Å². The van der Waals surface area contributed by atoms with E-state index in [9.17, 15) is 19.5 Å². The van der Waals surface area contributed by atoms with E-state index in [1.807, 2.05) is 0 Å². The highest BCUT2D eigenvalue weighted by atomic mass is 16.4. The molecule has 1 aromatic rings. The molecule has 0 aromatic heterocycles. The van der Waals surface area contributed by atoms with E-state index in [0.717, 1.165) is 0 Å². The molecule has 0 aliphatic rings. The predicted octanol–water partition coefficient (Wildman–Crippen LogP) is 0.290. The fraction of sp³-hybridized carbons (Fsp3) is 0.357. The van der Waals surface area contributed by atoms with Crippen LogP contribution < -0.4 is 16.0 Å². The molecule has 7 nitrogen and oxygen atoms in total. The van der Waals surface area contributed by atoms with Crippen molar-refractivity contribution in [3.63, 3.8) is 0 Å². The molecule has 1 aromatic carbocycles. The Labute approximate surface area is 122 Å². The molecule has 0 radical (unpaired) electrons. The molecule has 1 unspecified atom stereocenters. The molecular weight excluding hydrogens is 274 g/mol. The number of rotatable bonds is 7. The van der Waals surface area contributed by atoms with Gasteiger partial charge < -0.3 is 21.1 Å². The van der Waals surface area contributed by atoms with Crippen LogP contribution >= 0.6 is 0 Å². The first kappa shape index (κ1) is 16.5. The molecule has 0 saturated heterocycles. The van der Waals surface area contributed by atoms with Crippen molar-refractivity contribution in [1.82, 2.24) is 16.0 Å². The average molecular weight is 293 g/mol. The third kappa shape index (κ3) is 5.94. The second kappa shape index (κ2) is 8.57. The zero-order valence-electron chi connectivity index (χ0n) is 11.8. The van der Waals surface area contributed by atoms with Crippen LogP contribution in [-0.2, 0) is 9.59 Å². The van der Waals surface area contributed by atoms with Gasteiger partial charge in [0, 0.05) is 26.6 Å². The maximum Gasteiger partial charge on any atom is 0.314 e. The van der Waals surface area contributed by atoms with Crippen LogP contribution in [0.2, 0.25) is 0 Å². The van der Waals surface area contributed by atoms with E-state index >= 15 is 0 Å². The molecular formula is C14H19N3O4. The third-order valence-corrected chi connectivity index (χ3v) is 2.88. The number of carboxylic acid groups (broad SMARTS) is 1. The van der Waals surface area contributed by atoms with Crippen molar-refractivity contribution < 1.29 is 19.5 Å². The first-order valence-electron chi connectivity index (χ1n) is 6.54.